The number of hydrogen-bond donors (Lipinski definition) is 1. The van der Waals surface area contributed by atoms with Crippen molar-refractivity contribution in [3.63, 3.8) is 0 Å². The summed E-state index contributed by atoms with van der Waals surface area (Å²) in [6.07, 6.45) is 0. The highest BCUT2D eigenvalue weighted by Gasteiger charge is 2.23. The lowest BCUT2D eigenvalue weighted by molar-refractivity contribution is 0.0689. The molecule has 1 N–H and O–H groups in total. The molecule has 0 aliphatic carbocycles. The highest BCUT2D eigenvalue weighted by Crippen LogP contribution is 2.28. The maximum Gasteiger partial charge on any atom is 0.338 e. The van der Waals surface area contributed by atoms with E-state index >= 15 is 0 Å². The Labute approximate surface area is 123 Å². The van der Waals surface area contributed by atoms with Gasteiger partial charge in [0.1, 0.15) is 17.9 Å². The zero-order chi connectivity index (χ0) is 16.3. The Balaban J connectivity index is 2.26. The normalized spacial score (nSPS) is 10.4. The maximum absolute atomic E-state index is 13.9. The molecule has 0 aromatic heterocycles. The van der Waals surface area contributed by atoms with E-state index in [9.17, 15) is 18.0 Å². The molecule has 2 aromatic carbocycles. The Kier molecular flexibility index (Phi) is 4.55. The van der Waals surface area contributed by atoms with Crippen LogP contribution in [-0.4, -0.2) is 18.2 Å². The zero-order valence-electron chi connectivity index (χ0n) is 11.4. The van der Waals surface area contributed by atoms with E-state index < -0.39 is 34.7 Å². The number of halogens is 3. The summed E-state index contributed by atoms with van der Waals surface area (Å²) in [7, 11) is 1.48. The van der Waals surface area contributed by atoms with E-state index in [4.69, 9.17) is 14.6 Å². The van der Waals surface area contributed by atoms with Crippen molar-refractivity contribution in [2.45, 2.75) is 6.61 Å². The van der Waals surface area contributed by atoms with Gasteiger partial charge in [0.05, 0.1) is 7.11 Å². The van der Waals surface area contributed by atoms with Crippen molar-refractivity contribution in [2.24, 2.45) is 0 Å². The van der Waals surface area contributed by atoms with Gasteiger partial charge < -0.3 is 14.6 Å². The van der Waals surface area contributed by atoms with Crippen LogP contribution in [0, 0.1) is 17.5 Å². The van der Waals surface area contributed by atoms with Crippen LogP contribution in [0.1, 0.15) is 15.9 Å². The molecule has 0 spiro atoms. The Morgan fingerprint density at radius 3 is 2.32 bits per heavy atom. The van der Waals surface area contributed by atoms with Gasteiger partial charge in [0, 0.05) is 0 Å². The van der Waals surface area contributed by atoms with Crippen LogP contribution < -0.4 is 9.47 Å². The molecule has 116 valence electrons. The number of ether oxygens (including phenoxy) is 2. The third-order valence-electron chi connectivity index (χ3n) is 2.89. The second kappa shape index (κ2) is 6.38. The van der Waals surface area contributed by atoms with Gasteiger partial charge >= 0.3 is 5.97 Å². The lowest BCUT2D eigenvalue weighted by Crippen LogP contribution is -2.08. The Morgan fingerprint density at radius 2 is 1.77 bits per heavy atom. The van der Waals surface area contributed by atoms with E-state index in [1.54, 1.807) is 24.3 Å². The van der Waals surface area contributed by atoms with Crippen LogP contribution in [0.2, 0.25) is 0 Å². The Bertz CT molecular complexity index is 699. The number of aromatic carboxylic acids is 1. The maximum atomic E-state index is 13.9. The average Bonchev–Trinajstić information content (AvgIpc) is 2.51. The molecular weight excluding hydrogens is 301 g/mol. The molecule has 0 saturated carbocycles. The number of carboxylic acid groups (broad SMARTS) is 1. The first-order chi connectivity index (χ1) is 10.4. The van der Waals surface area contributed by atoms with Crippen LogP contribution in [0.15, 0.2) is 30.3 Å². The number of methoxy groups -OCH3 is 1. The molecule has 0 aliphatic heterocycles. The predicted molar refractivity (Wildman–Crippen MR) is 70.6 cm³/mol. The fourth-order valence-electron chi connectivity index (χ4n) is 1.74. The average molecular weight is 312 g/mol. The first-order valence-electron chi connectivity index (χ1n) is 6.10. The van der Waals surface area contributed by atoms with Crippen LogP contribution in [0.25, 0.3) is 0 Å². The lowest BCUT2D eigenvalue weighted by Gasteiger charge is -2.11. The topological polar surface area (TPSA) is 55.8 Å². The highest BCUT2D eigenvalue weighted by atomic mass is 19.2. The van der Waals surface area contributed by atoms with Crippen LogP contribution in [0.3, 0.4) is 0 Å². The van der Waals surface area contributed by atoms with Gasteiger partial charge in [0.2, 0.25) is 5.82 Å². The van der Waals surface area contributed by atoms with Gasteiger partial charge in [0.15, 0.2) is 17.4 Å². The molecule has 2 aromatic rings. The van der Waals surface area contributed by atoms with Gasteiger partial charge in [0.25, 0.3) is 0 Å². The summed E-state index contributed by atoms with van der Waals surface area (Å²) in [6, 6.07) is 6.67. The minimum Gasteiger partial charge on any atom is -0.497 e. The zero-order valence-corrected chi connectivity index (χ0v) is 11.4. The number of rotatable bonds is 5. The van der Waals surface area contributed by atoms with E-state index in [0.29, 0.717) is 11.3 Å². The van der Waals surface area contributed by atoms with Crippen LogP contribution in [0.5, 0.6) is 11.5 Å². The van der Waals surface area contributed by atoms with Crippen molar-refractivity contribution in [1.29, 1.82) is 0 Å². The van der Waals surface area contributed by atoms with Crippen molar-refractivity contribution < 1.29 is 32.5 Å². The van der Waals surface area contributed by atoms with Gasteiger partial charge in [-0.05, 0) is 23.8 Å². The fraction of sp³-hybridized carbons (Fsp3) is 0.133. The molecule has 0 heterocycles. The summed E-state index contributed by atoms with van der Waals surface area (Å²) < 4.78 is 50.6. The molecule has 4 nitrogen and oxygen atoms in total. The summed E-state index contributed by atoms with van der Waals surface area (Å²) in [4.78, 5) is 10.8. The second-order valence-electron chi connectivity index (χ2n) is 4.30. The van der Waals surface area contributed by atoms with Crippen molar-refractivity contribution in [3.05, 3.63) is 58.9 Å². The van der Waals surface area contributed by atoms with E-state index in [1.807, 2.05) is 0 Å². The van der Waals surface area contributed by atoms with Crippen LogP contribution >= 0.6 is 0 Å². The molecule has 0 fully saturated rings. The Morgan fingerprint density at radius 1 is 1.14 bits per heavy atom. The minimum atomic E-state index is -1.72. The smallest absolute Gasteiger partial charge is 0.338 e. The van der Waals surface area contributed by atoms with Gasteiger partial charge in [-0.3, -0.25) is 0 Å². The summed E-state index contributed by atoms with van der Waals surface area (Å²) in [5.41, 5.74) is -0.454. The molecule has 0 bridgehead atoms. The van der Waals surface area contributed by atoms with Crippen molar-refractivity contribution in [3.8, 4) is 11.5 Å². The number of carbonyl (C=O) groups is 1. The molecule has 2 rings (SSSR count). The first kappa shape index (κ1) is 15.7. The van der Waals surface area contributed by atoms with E-state index in [0.717, 1.165) is 0 Å². The SMILES string of the molecule is COc1ccc(COc2c(F)c(F)cc(C(=O)O)c2F)cc1. The van der Waals surface area contributed by atoms with Crippen molar-refractivity contribution in [1.82, 2.24) is 0 Å². The van der Waals surface area contributed by atoms with Crippen LogP contribution in [-0.2, 0) is 6.61 Å². The third kappa shape index (κ3) is 3.13. The summed E-state index contributed by atoms with van der Waals surface area (Å²) >= 11 is 0. The van der Waals surface area contributed by atoms with Gasteiger partial charge in [-0.15, -0.1) is 0 Å². The lowest BCUT2D eigenvalue weighted by atomic mass is 10.2. The third-order valence-corrected chi connectivity index (χ3v) is 2.89. The molecular formula is C15H11F3O4. The minimum absolute atomic E-state index is 0.264. The van der Waals surface area contributed by atoms with Gasteiger partial charge in [-0.1, -0.05) is 12.1 Å². The molecule has 22 heavy (non-hydrogen) atoms. The monoisotopic (exact) mass is 312 g/mol. The second-order valence-corrected chi connectivity index (χ2v) is 4.30. The number of carboxylic acids is 1. The first-order valence-corrected chi connectivity index (χ1v) is 6.10. The van der Waals surface area contributed by atoms with E-state index in [-0.39, 0.29) is 12.7 Å². The van der Waals surface area contributed by atoms with E-state index in [1.165, 1.54) is 7.11 Å². The Hall–Kier alpha value is -2.70. The fourth-order valence-corrected chi connectivity index (χ4v) is 1.74. The summed E-state index contributed by atoms with van der Waals surface area (Å²) in [5.74, 6) is -6.72. The number of hydrogen-bond acceptors (Lipinski definition) is 3. The summed E-state index contributed by atoms with van der Waals surface area (Å²) in [6.45, 7) is -0.264. The highest BCUT2D eigenvalue weighted by molar-refractivity contribution is 5.88. The molecule has 0 unspecified atom stereocenters. The predicted octanol–water partition coefficient (Wildman–Crippen LogP) is 3.39. The largest absolute Gasteiger partial charge is 0.497 e. The molecule has 0 amide bonds. The number of benzene rings is 2. The quantitative estimate of drug-likeness (QED) is 0.860. The van der Waals surface area contributed by atoms with Crippen molar-refractivity contribution >= 4 is 5.97 Å². The molecule has 7 heteroatoms. The molecule has 0 saturated heterocycles. The summed E-state index contributed by atoms with van der Waals surface area (Å²) in [5, 5.41) is 8.75. The molecule has 0 aliphatic rings. The molecule has 0 radical (unpaired) electrons. The van der Waals surface area contributed by atoms with Crippen molar-refractivity contribution in [2.75, 3.05) is 7.11 Å². The molecule has 0 atom stereocenters. The van der Waals surface area contributed by atoms with Gasteiger partial charge in [-0.2, -0.15) is 4.39 Å². The van der Waals surface area contributed by atoms with E-state index in [2.05, 4.69) is 0 Å². The van der Waals surface area contributed by atoms with Crippen LogP contribution in [0.4, 0.5) is 13.2 Å². The van der Waals surface area contributed by atoms with Gasteiger partial charge in [-0.25, -0.2) is 13.6 Å². The standard InChI is InChI=1S/C15H11F3O4/c1-21-9-4-2-8(3-5-9)7-22-14-12(17)10(15(19)20)6-11(16)13(14)18/h2-6H,7H2,1H3,(H,19,20).